The van der Waals surface area contributed by atoms with E-state index >= 15 is 0 Å². The summed E-state index contributed by atoms with van der Waals surface area (Å²) in [6, 6.07) is 14.3. The number of piperidine rings is 1. The predicted molar refractivity (Wildman–Crippen MR) is 115 cm³/mol. The van der Waals surface area contributed by atoms with Gasteiger partial charge in [0.2, 0.25) is 0 Å². The lowest BCUT2D eigenvalue weighted by molar-refractivity contribution is 0.322. The van der Waals surface area contributed by atoms with E-state index in [9.17, 15) is 4.79 Å². The summed E-state index contributed by atoms with van der Waals surface area (Å²) in [5.74, 6) is 1.03. The van der Waals surface area contributed by atoms with Crippen LogP contribution in [-0.2, 0) is 13.1 Å². The molecular weight excluding hydrogens is 368 g/mol. The number of H-pyrrole nitrogens is 1. The van der Waals surface area contributed by atoms with Crippen LogP contribution in [0.5, 0.6) is 0 Å². The third-order valence-corrected chi connectivity index (χ3v) is 6.07. The maximum Gasteiger partial charge on any atom is 0.251 e. The number of nitrogens with one attached hydrogen (secondary N) is 2. The second kappa shape index (κ2) is 8.82. The number of benzene rings is 1. The average molecular weight is 395 g/mol. The van der Waals surface area contributed by atoms with E-state index in [4.69, 9.17) is 4.98 Å². The average Bonchev–Trinajstić information content (AvgIpc) is 3.21. The summed E-state index contributed by atoms with van der Waals surface area (Å²) in [5.41, 5.74) is 3.05. The monoisotopic (exact) mass is 394 g/mol. The molecule has 0 radical (unpaired) electrons. The van der Waals surface area contributed by atoms with Gasteiger partial charge in [-0.05, 0) is 50.0 Å². The van der Waals surface area contributed by atoms with Gasteiger partial charge in [0.25, 0.3) is 5.56 Å². The first kappa shape index (κ1) is 19.1. The van der Waals surface area contributed by atoms with E-state index in [-0.39, 0.29) is 5.56 Å². The van der Waals surface area contributed by atoms with E-state index in [0.29, 0.717) is 11.7 Å². The maximum absolute atomic E-state index is 12.2. The van der Waals surface area contributed by atoms with Gasteiger partial charge in [0.15, 0.2) is 0 Å². The second-order valence-corrected chi connectivity index (χ2v) is 8.52. The van der Waals surface area contributed by atoms with Gasteiger partial charge in [-0.2, -0.15) is 0 Å². The lowest BCUT2D eigenvalue weighted by atomic mass is 9.94. The Morgan fingerprint density at radius 1 is 1.14 bits per heavy atom. The molecule has 0 unspecified atom stereocenters. The molecule has 4 rings (SSSR count). The van der Waals surface area contributed by atoms with Crippen molar-refractivity contribution in [2.24, 2.45) is 0 Å². The van der Waals surface area contributed by atoms with E-state index in [1.165, 1.54) is 10.4 Å². The van der Waals surface area contributed by atoms with Crippen LogP contribution in [0.15, 0.2) is 52.6 Å². The Morgan fingerprint density at radius 3 is 2.64 bits per heavy atom. The summed E-state index contributed by atoms with van der Waals surface area (Å²) in [6.45, 7) is 3.81. The van der Waals surface area contributed by atoms with E-state index in [1.54, 1.807) is 17.4 Å². The number of hydrogen-bond acceptors (Lipinski definition) is 5. The lowest BCUT2D eigenvalue weighted by Crippen LogP contribution is -2.28. The van der Waals surface area contributed by atoms with Gasteiger partial charge in [-0.3, -0.25) is 9.69 Å². The Bertz CT molecular complexity index is 943. The molecule has 5 nitrogen and oxygen atoms in total. The minimum absolute atomic E-state index is 0.0710. The van der Waals surface area contributed by atoms with Crippen LogP contribution in [0.2, 0.25) is 0 Å². The molecule has 0 spiro atoms. The SMILES string of the molecule is CN(Cc1ccc(-c2nc(C3CCNCC3)cc(=O)[nH]2)cc1)Cc1cccs1. The first-order chi connectivity index (χ1) is 13.7. The quantitative estimate of drug-likeness (QED) is 0.671. The molecule has 1 fully saturated rings. The smallest absolute Gasteiger partial charge is 0.251 e. The van der Waals surface area contributed by atoms with Crippen LogP contribution in [0.25, 0.3) is 11.4 Å². The summed E-state index contributed by atoms with van der Waals surface area (Å²) in [5, 5.41) is 5.48. The Kier molecular flexibility index (Phi) is 6.00. The first-order valence-corrected chi connectivity index (χ1v) is 10.7. The maximum atomic E-state index is 12.2. The normalized spacial score (nSPS) is 15.2. The van der Waals surface area contributed by atoms with Crippen molar-refractivity contribution in [1.29, 1.82) is 0 Å². The van der Waals surface area contributed by atoms with Crippen LogP contribution >= 0.6 is 11.3 Å². The van der Waals surface area contributed by atoms with Gasteiger partial charge in [0, 0.05) is 35.5 Å². The molecule has 3 aromatic rings. The minimum Gasteiger partial charge on any atom is -0.317 e. The number of aromatic nitrogens is 2. The van der Waals surface area contributed by atoms with Crippen molar-refractivity contribution in [2.75, 3.05) is 20.1 Å². The van der Waals surface area contributed by atoms with Gasteiger partial charge >= 0.3 is 0 Å². The zero-order valence-electron chi connectivity index (χ0n) is 16.1. The van der Waals surface area contributed by atoms with Crippen LogP contribution in [0.3, 0.4) is 0 Å². The largest absolute Gasteiger partial charge is 0.317 e. The molecule has 0 aliphatic carbocycles. The second-order valence-electron chi connectivity index (χ2n) is 7.49. The molecule has 0 bridgehead atoms. The van der Waals surface area contributed by atoms with Crippen molar-refractivity contribution in [3.63, 3.8) is 0 Å². The molecule has 2 N–H and O–H groups in total. The number of aromatic amines is 1. The summed E-state index contributed by atoms with van der Waals surface area (Å²) in [6.07, 6.45) is 2.07. The predicted octanol–water partition coefficient (Wildman–Crippen LogP) is 3.60. The Morgan fingerprint density at radius 2 is 1.93 bits per heavy atom. The van der Waals surface area contributed by atoms with Gasteiger partial charge in [-0.1, -0.05) is 30.3 Å². The van der Waals surface area contributed by atoms with Gasteiger partial charge in [-0.15, -0.1) is 11.3 Å². The third-order valence-electron chi connectivity index (χ3n) is 5.20. The zero-order chi connectivity index (χ0) is 19.3. The van der Waals surface area contributed by atoms with E-state index in [1.807, 2.05) is 0 Å². The lowest BCUT2D eigenvalue weighted by Gasteiger charge is -2.22. The van der Waals surface area contributed by atoms with Crippen molar-refractivity contribution in [3.05, 3.63) is 74.3 Å². The summed E-state index contributed by atoms with van der Waals surface area (Å²) < 4.78 is 0. The van der Waals surface area contributed by atoms with Crippen LogP contribution in [0.4, 0.5) is 0 Å². The highest BCUT2D eigenvalue weighted by Crippen LogP contribution is 2.24. The highest BCUT2D eigenvalue weighted by molar-refractivity contribution is 7.09. The third kappa shape index (κ3) is 4.76. The fraction of sp³-hybridized carbons (Fsp3) is 0.364. The van der Waals surface area contributed by atoms with Gasteiger partial charge in [0.05, 0.1) is 5.69 Å². The van der Waals surface area contributed by atoms with Crippen LogP contribution < -0.4 is 10.9 Å². The molecule has 0 amide bonds. The molecule has 0 atom stereocenters. The standard InChI is InChI=1S/C22H26N4OS/c1-26(15-19-3-2-12-28-19)14-16-4-6-18(7-5-16)22-24-20(13-21(27)25-22)17-8-10-23-11-9-17/h2-7,12-13,17,23H,8-11,14-15H2,1H3,(H,24,25,27). The van der Waals surface area contributed by atoms with Crippen molar-refractivity contribution in [1.82, 2.24) is 20.2 Å². The fourth-order valence-corrected chi connectivity index (χ4v) is 4.53. The van der Waals surface area contributed by atoms with Gasteiger partial charge < -0.3 is 10.3 Å². The molecule has 28 heavy (non-hydrogen) atoms. The Hall–Kier alpha value is -2.28. The molecule has 1 aliphatic rings. The molecule has 146 valence electrons. The Balaban J connectivity index is 1.47. The van der Waals surface area contributed by atoms with Gasteiger partial charge in [0.1, 0.15) is 5.82 Å². The summed E-state index contributed by atoms with van der Waals surface area (Å²) in [4.78, 5) is 23.5. The molecular formula is C22H26N4OS. The molecule has 3 heterocycles. The number of thiophene rings is 1. The first-order valence-electron chi connectivity index (χ1n) is 9.79. The van der Waals surface area contributed by atoms with Crippen molar-refractivity contribution < 1.29 is 0 Å². The summed E-state index contributed by atoms with van der Waals surface area (Å²) >= 11 is 1.79. The highest BCUT2D eigenvalue weighted by Gasteiger charge is 2.18. The van der Waals surface area contributed by atoms with E-state index in [2.05, 4.69) is 64.0 Å². The molecule has 6 heteroatoms. The highest BCUT2D eigenvalue weighted by atomic mass is 32.1. The van der Waals surface area contributed by atoms with E-state index in [0.717, 1.165) is 50.3 Å². The molecule has 1 aromatic carbocycles. The molecule has 1 aliphatic heterocycles. The topological polar surface area (TPSA) is 61.0 Å². The Labute approximate surface area is 169 Å². The number of nitrogens with zero attached hydrogens (tertiary/aromatic N) is 2. The molecule has 1 saturated heterocycles. The van der Waals surface area contributed by atoms with Gasteiger partial charge in [-0.25, -0.2) is 4.98 Å². The van der Waals surface area contributed by atoms with Crippen LogP contribution in [0, 0.1) is 0 Å². The zero-order valence-corrected chi connectivity index (χ0v) is 17.0. The fourth-order valence-electron chi connectivity index (χ4n) is 3.74. The minimum atomic E-state index is -0.0710. The van der Waals surface area contributed by atoms with Crippen LogP contribution in [-0.4, -0.2) is 35.0 Å². The molecule has 0 saturated carbocycles. The number of rotatable bonds is 6. The van der Waals surface area contributed by atoms with Crippen LogP contribution in [0.1, 0.15) is 34.9 Å². The van der Waals surface area contributed by atoms with Crippen molar-refractivity contribution >= 4 is 11.3 Å². The molecule has 2 aromatic heterocycles. The van der Waals surface area contributed by atoms with E-state index < -0.39 is 0 Å². The van der Waals surface area contributed by atoms with Crippen molar-refractivity contribution in [2.45, 2.75) is 31.8 Å². The van der Waals surface area contributed by atoms with Crippen molar-refractivity contribution in [3.8, 4) is 11.4 Å². The summed E-state index contributed by atoms with van der Waals surface area (Å²) in [7, 11) is 2.13. The number of hydrogen-bond donors (Lipinski definition) is 2.